The Kier molecular flexibility index (Phi) is 2.99. The summed E-state index contributed by atoms with van der Waals surface area (Å²) in [6.45, 7) is 1.54. The van der Waals surface area contributed by atoms with Crippen LogP contribution in [0.25, 0.3) is 11.4 Å². The van der Waals surface area contributed by atoms with Crippen LogP contribution in [0.3, 0.4) is 0 Å². The van der Waals surface area contributed by atoms with Crippen molar-refractivity contribution in [3.8, 4) is 11.4 Å². The summed E-state index contributed by atoms with van der Waals surface area (Å²) in [4.78, 5) is 5.51. The smallest absolute Gasteiger partial charge is 0.205 e. The number of pyridine rings is 1. The second kappa shape index (κ2) is 4.61. The molecule has 0 unspecified atom stereocenters. The minimum Gasteiger partial charge on any atom is -0.318 e. The molecule has 0 fully saturated rings. The van der Waals surface area contributed by atoms with Crippen LogP contribution in [0.5, 0.6) is 0 Å². The van der Waals surface area contributed by atoms with Crippen molar-refractivity contribution >= 4 is 0 Å². The minimum absolute atomic E-state index is 0.633. The largest absolute Gasteiger partial charge is 0.318 e. The number of likely N-dealkylation sites (N-methyl/N-ethyl adjacent to an activating group) is 1. The van der Waals surface area contributed by atoms with E-state index in [1.165, 1.54) is 0 Å². The fourth-order valence-corrected chi connectivity index (χ4v) is 1.17. The van der Waals surface area contributed by atoms with Crippen LogP contribution in [-0.4, -0.2) is 38.8 Å². The average Bonchev–Trinajstić information content (AvgIpc) is 2.76. The molecule has 1 N–H and O–H groups in total. The van der Waals surface area contributed by atoms with Gasteiger partial charge in [0.2, 0.25) is 5.82 Å². The fraction of sp³-hybridized carbons (Fsp3) is 0.333. The summed E-state index contributed by atoms with van der Waals surface area (Å²) in [7, 11) is 1.89. The first kappa shape index (κ1) is 9.72. The van der Waals surface area contributed by atoms with E-state index in [0.29, 0.717) is 12.4 Å². The molecular formula is C9H12N6. The molecule has 0 aliphatic rings. The zero-order valence-electron chi connectivity index (χ0n) is 8.46. The third-order valence-corrected chi connectivity index (χ3v) is 1.95. The predicted octanol–water partition coefficient (Wildman–Crippen LogP) is -0.0455. The van der Waals surface area contributed by atoms with Crippen LogP contribution >= 0.6 is 0 Å². The quantitative estimate of drug-likeness (QED) is 0.756. The van der Waals surface area contributed by atoms with Crippen LogP contribution in [-0.2, 0) is 6.54 Å². The van der Waals surface area contributed by atoms with Gasteiger partial charge in [0, 0.05) is 24.5 Å². The Labute approximate surface area is 87.3 Å². The Morgan fingerprint density at radius 1 is 1.33 bits per heavy atom. The summed E-state index contributed by atoms with van der Waals surface area (Å²) in [6.07, 6.45) is 3.42. The van der Waals surface area contributed by atoms with Crippen LogP contribution in [0.15, 0.2) is 24.5 Å². The highest BCUT2D eigenvalue weighted by atomic mass is 15.6. The normalized spacial score (nSPS) is 10.5. The molecule has 0 saturated heterocycles. The van der Waals surface area contributed by atoms with E-state index in [9.17, 15) is 0 Å². The number of rotatable bonds is 4. The molecule has 2 aromatic heterocycles. The first-order chi connectivity index (χ1) is 7.40. The molecule has 2 aromatic rings. The second-order valence-electron chi connectivity index (χ2n) is 3.05. The molecule has 0 atom stereocenters. The van der Waals surface area contributed by atoms with E-state index in [0.717, 1.165) is 12.1 Å². The molecule has 6 nitrogen and oxygen atoms in total. The van der Waals surface area contributed by atoms with Crippen molar-refractivity contribution in [1.29, 1.82) is 0 Å². The lowest BCUT2D eigenvalue weighted by Gasteiger charge is -1.95. The Bertz CT molecular complexity index is 410. The molecule has 2 heterocycles. The van der Waals surface area contributed by atoms with Crippen molar-refractivity contribution in [2.75, 3.05) is 13.6 Å². The molecule has 2 rings (SSSR count). The summed E-state index contributed by atoms with van der Waals surface area (Å²) in [5.74, 6) is 0.633. The van der Waals surface area contributed by atoms with Crippen LogP contribution < -0.4 is 5.32 Å². The van der Waals surface area contributed by atoms with E-state index < -0.39 is 0 Å². The highest BCUT2D eigenvalue weighted by Gasteiger charge is 2.04. The number of nitrogens with zero attached hydrogens (tertiary/aromatic N) is 5. The van der Waals surface area contributed by atoms with Crippen LogP contribution in [0.2, 0.25) is 0 Å². The Morgan fingerprint density at radius 3 is 2.87 bits per heavy atom. The zero-order valence-corrected chi connectivity index (χ0v) is 8.46. The molecule has 15 heavy (non-hydrogen) atoms. The van der Waals surface area contributed by atoms with E-state index in [-0.39, 0.29) is 0 Å². The van der Waals surface area contributed by atoms with Crippen molar-refractivity contribution in [1.82, 2.24) is 30.5 Å². The van der Waals surface area contributed by atoms with E-state index in [4.69, 9.17) is 0 Å². The van der Waals surface area contributed by atoms with Crippen molar-refractivity contribution in [2.24, 2.45) is 0 Å². The Hall–Kier alpha value is -1.82. The molecule has 0 radical (unpaired) electrons. The zero-order chi connectivity index (χ0) is 10.5. The van der Waals surface area contributed by atoms with E-state index in [1.807, 2.05) is 19.2 Å². The maximum atomic E-state index is 4.24. The third-order valence-electron chi connectivity index (χ3n) is 1.95. The first-order valence-corrected chi connectivity index (χ1v) is 4.73. The van der Waals surface area contributed by atoms with Crippen molar-refractivity contribution in [2.45, 2.75) is 6.54 Å². The van der Waals surface area contributed by atoms with Gasteiger partial charge in [-0.1, -0.05) is 0 Å². The number of hydrogen-bond acceptors (Lipinski definition) is 5. The SMILES string of the molecule is CNCCn1nnc(-c2ccncc2)n1. The molecule has 6 heteroatoms. The molecule has 0 bridgehead atoms. The number of nitrogens with one attached hydrogen (secondary N) is 1. The molecule has 0 aromatic carbocycles. The number of hydrogen-bond donors (Lipinski definition) is 1. The highest BCUT2D eigenvalue weighted by Crippen LogP contribution is 2.10. The summed E-state index contributed by atoms with van der Waals surface area (Å²) in [5.41, 5.74) is 0.931. The molecule has 0 aliphatic carbocycles. The number of tetrazole rings is 1. The number of aromatic nitrogens is 5. The lowest BCUT2D eigenvalue weighted by atomic mass is 10.3. The maximum absolute atomic E-state index is 4.24. The monoisotopic (exact) mass is 204 g/mol. The fourth-order valence-electron chi connectivity index (χ4n) is 1.17. The summed E-state index contributed by atoms with van der Waals surface area (Å²) in [5, 5.41) is 15.2. The minimum atomic E-state index is 0.633. The summed E-state index contributed by atoms with van der Waals surface area (Å²) < 4.78 is 0. The standard InChI is InChI=1S/C9H12N6/c1-10-6-7-15-13-9(12-14-15)8-2-4-11-5-3-8/h2-5,10H,6-7H2,1H3. The Morgan fingerprint density at radius 2 is 2.13 bits per heavy atom. The predicted molar refractivity (Wildman–Crippen MR) is 55.0 cm³/mol. The van der Waals surface area contributed by atoms with Gasteiger partial charge in [-0.25, -0.2) is 0 Å². The lowest BCUT2D eigenvalue weighted by Crippen LogP contribution is -2.16. The van der Waals surface area contributed by atoms with Crippen molar-refractivity contribution in [3.05, 3.63) is 24.5 Å². The van der Waals surface area contributed by atoms with Gasteiger partial charge in [-0.3, -0.25) is 4.98 Å². The molecular weight excluding hydrogens is 192 g/mol. The van der Waals surface area contributed by atoms with Gasteiger partial charge >= 0.3 is 0 Å². The van der Waals surface area contributed by atoms with Crippen molar-refractivity contribution in [3.63, 3.8) is 0 Å². The Balaban J connectivity index is 2.14. The van der Waals surface area contributed by atoms with Gasteiger partial charge in [0.25, 0.3) is 0 Å². The van der Waals surface area contributed by atoms with Crippen LogP contribution in [0.4, 0.5) is 0 Å². The molecule has 78 valence electrons. The van der Waals surface area contributed by atoms with Crippen LogP contribution in [0.1, 0.15) is 0 Å². The maximum Gasteiger partial charge on any atom is 0.205 e. The second-order valence-corrected chi connectivity index (χ2v) is 3.05. The molecule has 0 saturated carbocycles. The van der Waals surface area contributed by atoms with Gasteiger partial charge in [-0.2, -0.15) is 4.80 Å². The summed E-state index contributed by atoms with van der Waals surface area (Å²) in [6, 6.07) is 3.72. The third kappa shape index (κ3) is 2.35. The highest BCUT2D eigenvalue weighted by molar-refractivity contribution is 5.51. The molecule has 0 aliphatic heterocycles. The van der Waals surface area contributed by atoms with Crippen molar-refractivity contribution < 1.29 is 0 Å². The van der Waals surface area contributed by atoms with E-state index in [2.05, 4.69) is 25.7 Å². The van der Waals surface area contributed by atoms with Crippen LogP contribution in [0, 0.1) is 0 Å². The van der Waals surface area contributed by atoms with Gasteiger partial charge in [0.15, 0.2) is 0 Å². The van der Waals surface area contributed by atoms with E-state index in [1.54, 1.807) is 17.2 Å². The topological polar surface area (TPSA) is 68.5 Å². The van der Waals surface area contributed by atoms with Gasteiger partial charge in [-0.15, -0.1) is 10.2 Å². The van der Waals surface area contributed by atoms with Gasteiger partial charge in [0.05, 0.1) is 6.54 Å². The first-order valence-electron chi connectivity index (χ1n) is 4.73. The summed E-state index contributed by atoms with van der Waals surface area (Å²) >= 11 is 0. The lowest BCUT2D eigenvalue weighted by molar-refractivity contribution is 0.507. The average molecular weight is 204 g/mol. The molecule has 0 amide bonds. The van der Waals surface area contributed by atoms with Gasteiger partial charge in [0.1, 0.15) is 0 Å². The van der Waals surface area contributed by atoms with Gasteiger partial charge in [-0.05, 0) is 24.4 Å². The van der Waals surface area contributed by atoms with Gasteiger partial charge < -0.3 is 5.32 Å². The van der Waals surface area contributed by atoms with E-state index >= 15 is 0 Å². The molecule has 0 spiro atoms.